The molecule has 3 aromatic rings. The van der Waals surface area contributed by atoms with Crippen molar-refractivity contribution >= 4 is 22.3 Å². The van der Waals surface area contributed by atoms with Gasteiger partial charge < -0.3 is 10.3 Å². The van der Waals surface area contributed by atoms with Crippen LogP contribution < -0.4 is 5.32 Å². The van der Waals surface area contributed by atoms with Crippen molar-refractivity contribution in [3.8, 4) is 11.3 Å². The maximum atomic E-state index is 11.0. The predicted octanol–water partition coefficient (Wildman–Crippen LogP) is 4.27. The number of nitroso groups, excluding NO2 is 1. The second-order valence-corrected chi connectivity index (χ2v) is 4.31. The maximum Gasteiger partial charge on any atom is 0.140 e. The summed E-state index contributed by atoms with van der Waals surface area (Å²) in [6.07, 6.45) is 0. The van der Waals surface area contributed by atoms with E-state index in [0.717, 1.165) is 27.8 Å². The maximum absolute atomic E-state index is 11.0. The van der Waals surface area contributed by atoms with E-state index in [2.05, 4.69) is 15.5 Å². The molecule has 4 nitrogen and oxygen atoms in total. The van der Waals surface area contributed by atoms with E-state index in [1.54, 1.807) is 7.05 Å². The first-order valence-corrected chi connectivity index (χ1v) is 6.05. The van der Waals surface area contributed by atoms with E-state index in [-0.39, 0.29) is 0 Å². The minimum Gasteiger partial charge on any atom is -0.386 e. The molecule has 0 saturated heterocycles. The molecule has 0 spiro atoms. The highest BCUT2D eigenvalue weighted by molar-refractivity contribution is 5.99. The number of benzene rings is 2. The molecular formula is C15H13N3O. The minimum absolute atomic E-state index is 0.443. The minimum atomic E-state index is 0.443. The molecule has 3 rings (SSSR count). The highest BCUT2D eigenvalue weighted by atomic mass is 16.3. The van der Waals surface area contributed by atoms with Crippen LogP contribution in [0.5, 0.6) is 0 Å². The van der Waals surface area contributed by atoms with E-state index >= 15 is 0 Å². The van der Waals surface area contributed by atoms with Crippen molar-refractivity contribution in [1.82, 2.24) is 4.98 Å². The SMILES string of the molecule is CNc1ccc2[nH]c(-c3ccccc3)cc2c1N=O. The number of nitrogens with zero attached hydrogens (tertiary/aromatic N) is 1. The Labute approximate surface area is 110 Å². The van der Waals surface area contributed by atoms with Gasteiger partial charge in [-0.05, 0) is 28.9 Å². The molecule has 1 aromatic heterocycles. The molecule has 1 heterocycles. The summed E-state index contributed by atoms with van der Waals surface area (Å²) in [5.41, 5.74) is 4.15. The number of hydrogen-bond acceptors (Lipinski definition) is 3. The Hall–Kier alpha value is -2.62. The quantitative estimate of drug-likeness (QED) is 0.683. The lowest BCUT2D eigenvalue weighted by atomic mass is 10.1. The molecule has 0 unspecified atom stereocenters. The van der Waals surface area contributed by atoms with E-state index in [0.29, 0.717) is 5.69 Å². The molecule has 0 radical (unpaired) electrons. The Kier molecular flexibility index (Phi) is 2.76. The van der Waals surface area contributed by atoms with Crippen LogP contribution in [0.25, 0.3) is 22.2 Å². The number of hydrogen-bond donors (Lipinski definition) is 2. The Morgan fingerprint density at radius 3 is 2.58 bits per heavy atom. The van der Waals surface area contributed by atoms with Crippen molar-refractivity contribution in [2.24, 2.45) is 5.18 Å². The molecule has 2 N–H and O–H groups in total. The molecule has 4 heteroatoms. The van der Waals surface area contributed by atoms with Crippen molar-refractivity contribution in [2.75, 3.05) is 12.4 Å². The smallest absolute Gasteiger partial charge is 0.140 e. The van der Waals surface area contributed by atoms with Crippen LogP contribution in [-0.2, 0) is 0 Å². The molecular weight excluding hydrogens is 238 g/mol. The summed E-state index contributed by atoms with van der Waals surface area (Å²) in [5.74, 6) is 0. The van der Waals surface area contributed by atoms with Gasteiger partial charge in [-0.15, -0.1) is 4.91 Å². The van der Waals surface area contributed by atoms with Crippen molar-refractivity contribution in [2.45, 2.75) is 0 Å². The standard InChI is InChI=1S/C15H13N3O/c1-16-13-8-7-12-11(15(13)18-19)9-14(17-12)10-5-3-2-4-6-10/h2-9,16-17H,1H3. The van der Waals surface area contributed by atoms with Crippen LogP contribution >= 0.6 is 0 Å². The van der Waals surface area contributed by atoms with Gasteiger partial charge in [0.1, 0.15) is 5.69 Å². The van der Waals surface area contributed by atoms with Crippen LogP contribution in [-0.4, -0.2) is 12.0 Å². The number of nitrogens with one attached hydrogen (secondary N) is 2. The van der Waals surface area contributed by atoms with Crippen molar-refractivity contribution in [3.05, 3.63) is 53.4 Å². The molecule has 0 fully saturated rings. The molecule has 2 aromatic carbocycles. The number of H-pyrrole nitrogens is 1. The highest BCUT2D eigenvalue weighted by Gasteiger charge is 2.11. The van der Waals surface area contributed by atoms with Crippen LogP contribution in [0.15, 0.2) is 53.7 Å². The van der Waals surface area contributed by atoms with Gasteiger partial charge in [0.2, 0.25) is 0 Å². The van der Waals surface area contributed by atoms with Gasteiger partial charge in [-0.1, -0.05) is 30.3 Å². The third kappa shape index (κ3) is 1.87. The van der Waals surface area contributed by atoms with Gasteiger partial charge in [0.25, 0.3) is 0 Å². The first kappa shape index (κ1) is 11.5. The molecule has 0 saturated carbocycles. The molecule has 0 bridgehead atoms. The van der Waals surface area contributed by atoms with Crippen molar-refractivity contribution in [3.63, 3.8) is 0 Å². The molecule has 94 valence electrons. The van der Waals surface area contributed by atoms with Gasteiger partial charge in [0.15, 0.2) is 0 Å². The fraction of sp³-hybridized carbons (Fsp3) is 0.0667. The van der Waals surface area contributed by atoms with Crippen LogP contribution in [0.3, 0.4) is 0 Å². The lowest BCUT2D eigenvalue weighted by Crippen LogP contribution is -1.87. The monoisotopic (exact) mass is 251 g/mol. The summed E-state index contributed by atoms with van der Waals surface area (Å²) in [6.45, 7) is 0. The number of aromatic amines is 1. The summed E-state index contributed by atoms with van der Waals surface area (Å²) >= 11 is 0. The summed E-state index contributed by atoms with van der Waals surface area (Å²) in [7, 11) is 1.78. The average molecular weight is 251 g/mol. The van der Waals surface area contributed by atoms with Gasteiger partial charge in [-0.2, -0.15) is 0 Å². The Morgan fingerprint density at radius 2 is 1.89 bits per heavy atom. The number of anilines is 1. The fourth-order valence-corrected chi connectivity index (χ4v) is 2.26. The third-order valence-electron chi connectivity index (χ3n) is 3.22. The summed E-state index contributed by atoms with van der Waals surface area (Å²) in [5, 5.41) is 6.96. The van der Waals surface area contributed by atoms with Crippen molar-refractivity contribution in [1.29, 1.82) is 0 Å². The lowest BCUT2D eigenvalue weighted by molar-refractivity contribution is 1.44. The van der Waals surface area contributed by atoms with E-state index in [4.69, 9.17) is 0 Å². The van der Waals surface area contributed by atoms with E-state index in [1.165, 1.54) is 0 Å². The lowest BCUT2D eigenvalue weighted by Gasteiger charge is -2.02. The number of rotatable bonds is 3. The average Bonchev–Trinajstić information content (AvgIpc) is 2.91. The molecule has 0 aliphatic heterocycles. The van der Waals surface area contributed by atoms with Gasteiger partial charge in [0.05, 0.1) is 5.69 Å². The van der Waals surface area contributed by atoms with Gasteiger partial charge in [0, 0.05) is 23.6 Å². The Bertz CT molecular complexity index is 732. The summed E-state index contributed by atoms with van der Waals surface area (Å²) in [6, 6.07) is 15.8. The molecule has 19 heavy (non-hydrogen) atoms. The first-order valence-electron chi connectivity index (χ1n) is 6.05. The third-order valence-corrected chi connectivity index (χ3v) is 3.22. The molecule has 0 amide bonds. The van der Waals surface area contributed by atoms with Crippen LogP contribution in [0, 0.1) is 4.91 Å². The normalized spacial score (nSPS) is 10.6. The van der Waals surface area contributed by atoms with Crippen molar-refractivity contribution < 1.29 is 0 Å². The van der Waals surface area contributed by atoms with E-state index in [1.807, 2.05) is 48.5 Å². The van der Waals surface area contributed by atoms with Gasteiger partial charge in [-0.3, -0.25) is 0 Å². The zero-order valence-electron chi connectivity index (χ0n) is 10.5. The topological polar surface area (TPSA) is 57.2 Å². The first-order chi connectivity index (χ1) is 9.33. The summed E-state index contributed by atoms with van der Waals surface area (Å²) in [4.78, 5) is 14.4. The molecule has 0 aliphatic carbocycles. The number of fused-ring (bicyclic) bond motifs is 1. The zero-order valence-corrected chi connectivity index (χ0v) is 10.5. The highest BCUT2D eigenvalue weighted by Crippen LogP contribution is 2.36. The molecule has 0 atom stereocenters. The fourth-order valence-electron chi connectivity index (χ4n) is 2.26. The Morgan fingerprint density at radius 1 is 1.11 bits per heavy atom. The largest absolute Gasteiger partial charge is 0.386 e. The second kappa shape index (κ2) is 4.57. The van der Waals surface area contributed by atoms with Gasteiger partial charge in [-0.25, -0.2) is 0 Å². The Balaban J connectivity index is 2.24. The van der Waals surface area contributed by atoms with E-state index < -0.39 is 0 Å². The van der Waals surface area contributed by atoms with Crippen LogP contribution in [0.1, 0.15) is 0 Å². The van der Waals surface area contributed by atoms with Crippen LogP contribution in [0.2, 0.25) is 0 Å². The van der Waals surface area contributed by atoms with Crippen LogP contribution in [0.4, 0.5) is 11.4 Å². The summed E-state index contributed by atoms with van der Waals surface area (Å²) < 4.78 is 0. The molecule has 0 aliphatic rings. The zero-order chi connectivity index (χ0) is 13.2. The van der Waals surface area contributed by atoms with Gasteiger partial charge >= 0.3 is 0 Å². The second-order valence-electron chi connectivity index (χ2n) is 4.31. The number of aromatic nitrogens is 1. The predicted molar refractivity (Wildman–Crippen MR) is 78.7 cm³/mol. The van der Waals surface area contributed by atoms with E-state index in [9.17, 15) is 4.91 Å².